The molecule has 3 rings (SSSR count). The van der Waals surface area contributed by atoms with Gasteiger partial charge in [0.25, 0.3) is 5.91 Å². The summed E-state index contributed by atoms with van der Waals surface area (Å²) in [6.07, 6.45) is 3.28. The van der Waals surface area contributed by atoms with Crippen LogP contribution in [0.5, 0.6) is 5.75 Å². The third-order valence-corrected chi connectivity index (χ3v) is 4.62. The largest absolute Gasteiger partial charge is 0.481 e. The number of aryl methyl sites for hydroxylation is 1. The molecular formula is C21H26N2O2. The summed E-state index contributed by atoms with van der Waals surface area (Å²) < 4.78 is 5.78. The molecule has 25 heavy (non-hydrogen) atoms. The van der Waals surface area contributed by atoms with Crippen molar-refractivity contribution in [3.8, 4) is 5.75 Å². The summed E-state index contributed by atoms with van der Waals surface area (Å²) in [6.45, 7) is 5.98. The maximum absolute atomic E-state index is 12.4. The van der Waals surface area contributed by atoms with Crippen LogP contribution in [0.15, 0.2) is 48.5 Å². The quantitative estimate of drug-likeness (QED) is 0.879. The Morgan fingerprint density at radius 3 is 2.40 bits per heavy atom. The summed E-state index contributed by atoms with van der Waals surface area (Å²) in [5.41, 5.74) is 3.04. The number of piperidine rings is 1. The Bertz CT molecular complexity index is 706. The van der Waals surface area contributed by atoms with E-state index in [-0.39, 0.29) is 5.91 Å². The number of ether oxygens (including phenoxy) is 1. The van der Waals surface area contributed by atoms with Gasteiger partial charge in [-0.2, -0.15) is 0 Å². The van der Waals surface area contributed by atoms with Crippen LogP contribution in [0.2, 0.25) is 0 Å². The van der Waals surface area contributed by atoms with Crippen molar-refractivity contribution in [1.29, 1.82) is 0 Å². The molecule has 0 spiro atoms. The molecule has 1 unspecified atom stereocenters. The second-order valence-electron chi connectivity index (χ2n) is 6.61. The van der Waals surface area contributed by atoms with Gasteiger partial charge in [0.1, 0.15) is 5.75 Å². The first-order valence-corrected chi connectivity index (χ1v) is 9.01. The lowest BCUT2D eigenvalue weighted by atomic mass is 10.1. The number of benzene rings is 2. The molecule has 0 saturated carbocycles. The maximum Gasteiger partial charge on any atom is 0.265 e. The number of hydrogen-bond donors (Lipinski definition) is 1. The molecule has 2 aromatic carbocycles. The van der Waals surface area contributed by atoms with Crippen LogP contribution in [0.3, 0.4) is 0 Å². The zero-order valence-electron chi connectivity index (χ0n) is 15.0. The van der Waals surface area contributed by atoms with Crippen molar-refractivity contribution in [3.05, 3.63) is 54.1 Å². The van der Waals surface area contributed by atoms with E-state index < -0.39 is 6.10 Å². The molecular weight excluding hydrogens is 312 g/mol. The fourth-order valence-corrected chi connectivity index (χ4v) is 3.08. The Morgan fingerprint density at radius 1 is 1.04 bits per heavy atom. The predicted molar refractivity (Wildman–Crippen MR) is 102 cm³/mol. The number of hydrogen-bond acceptors (Lipinski definition) is 3. The Morgan fingerprint density at radius 2 is 1.72 bits per heavy atom. The highest BCUT2D eigenvalue weighted by Crippen LogP contribution is 2.22. The first-order valence-electron chi connectivity index (χ1n) is 9.01. The molecule has 4 nitrogen and oxygen atoms in total. The van der Waals surface area contributed by atoms with E-state index in [9.17, 15) is 4.79 Å². The van der Waals surface area contributed by atoms with Gasteiger partial charge in [0.15, 0.2) is 6.10 Å². The van der Waals surface area contributed by atoms with Crippen LogP contribution >= 0.6 is 0 Å². The average Bonchev–Trinajstić information content (AvgIpc) is 2.65. The lowest BCUT2D eigenvalue weighted by Crippen LogP contribution is -2.30. The molecule has 132 valence electrons. The average molecular weight is 338 g/mol. The van der Waals surface area contributed by atoms with E-state index in [1.54, 1.807) is 6.92 Å². The van der Waals surface area contributed by atoms with Gasteiger partial charge in [-0.05, 0) is 69.0 Å². The molecule has 0 radical (unpaired) electrons. The van der Waals surface area contributed by atoms with Crippen LogP contribution in [0.25, 0.3) is 0 Å². The minimum absolute atomic E-state index is 0.144. The molecule has 2 aromatic rings. The number of nitrogens with one attached hydrogen (secondary N) is 1. The van der Waals surface area contributed by atoms with Crippen molar-refractivity contribution in [2.45, 2.75) is 39.2 Å². The molecule has 1 aliphatic rings. The third kappa shape index (κ3) is 4.53. The van der Waals surface area contributed by atoms with Gasteiger partial charge < -0.3 is 15.0 Å². The lowest BCUT2D eigenvalue weighted by Gasteiger charge is -2.28. The van der Waals surface area contributed by atoms with Gasteiger partial charge in [0, 0.05) is 24.5 Å². The Labute approximate surface area is 149 Å². The van der Waals surface area contributed by atoms with Gasteiger partial charge in [0.05, 0.1) is 0 Å². The number of carbonyl (C=O) groups excluding carboxylic acids is 1. The highest BCUT2D eigenvalue weighted by molar-refractivity contribution is 5.94. The van der Waals surface area contributed by atoms with E-state index in [1.165, 1.54) is 24.9 Å². The lowest BCUT2D eigenvalue weighted by molar-refractivity contribution is -0.122. The van der Waals surface area contributed by atoms with Gasteiger partial charge in [0.2, 0.25) is 0 Å². The molecule has 0 aromatic heterocycles. The number of anilines is 2. The smallest absolute Gasteiger partial charge is 0.265 e. The summed E-state index contributed by atoms with van der Waals surface area (Å²) in [5, 5.41) is 2.93. The number of para-hydroxylation sites is 1. The zero-order chi connectivity index (χ0) is 17.6. The van der Waals surface area contributed by atoms with Crippen LogP contribution < -0.4 is 15.0 Å². The Hall–Kier alpha value is -2.49. The monoisotopic (exact) mass is 338 g/mol. The Kier molecular flexibility index (Phi) is 5.59. The Balaban J connectivity index is 1.57. The summed E-state index contributed by atoms with van der Waals surface area (Å²) in [4.78, 5) is 14.8. The minimum Gasteiger partial charge on any atom is -0.481 e. The van der Waals surface area contributed by atoms with Gasteiger partial charge in [-0.15, -0.1) is 0 Å². The van der Waals surface area contributed by atoms with E-state index in [0.29, 0.717) is 0 Å². The molecule has 1 fully saturated rings. The molecule has 1 amide bonds. The molecule has 0 bridgehead atoms. The zero-order valence-corrected chi connectivity index (χ0v) is 15.0. The first-order chi connectivity index (χ1) is 12.1. The molecule has 1 saturated heterocycles. The highest BCUT2D eigenvalue weighted by atomic mass is 16.5. The summed E-state index contributed by atoms with van der Waals surface area (Å²) in [6, 6.07) is 15.8. The summed E-state index contributed by atoms with van der Waals surface area (Å²) >= 11 is 0. The van der Waals surface area contributed by atoms with Gasteiger partial charge in [-0.3, -0.25) is 4.79 Å². The molecule has 1 atom stereocenters. The maximum atomic E-state index is 12.4. The number of amides is 1. The van der Waals surface area contributed by atoms with Crippen LogP contribution in [0.4, 0.5) is 11.4 Å². The number of carbonyl (C=O) groups is 1. The standard InChI is InChI=1S/C21H26N2O2/c1-16-8-4-5-9-20(16)25-17(2)21(24)22-18-10-12-19(13-11-18)23-14-6-3-7-15-23/h4-5,8-13,17H,3,6-7,14-15H2,1-2H3,(H,22,24). The fraction of sp³-hybridized carbons (Fsp3) is 0.381. The number of rotatable bonds is 5. The van der Waals surface area contributed by atoms with Gasteiger partial charge in [-0.1, -0.05) is 18.2 Å². The normalized spacial score (nSPS) is 15.5. The molecule has 1 N–H and O–H groups in total. The van der Waals surface area contributed by atoms with Gasteiger partial charge in [-0.25, -0.2) is 0 Å². The van der Waals surface area contributed by atoms with E-state index in [4.69, 9.17) is 4.74 Å². The summed E-state index contributed by atoms with van der Waals surface area (Å²) in [7, 11) is 0. The summed E-state index contributed by atoms with van der Waals surface area (Å²) in [5.74, 6) is 0.597. The second kappa shape index (κ2) is 8.06. The van der Waals surface area contributed by atoms with Crippen molar-refractivity contribution in [1.82, 2.24) is 0 Å². The van der Waals surface area contributed by atoms with Crippen LogP contribution in [-0.2, 0) is 4.79 Å². The fourth-order valence-electron chi connectivity index (χ4n) is 3.08. The van der Waals surface area contributed by atoms with Gasteiger partial charge >= 0.3 is 0 Å². The highest BCUT2D eigenvalue weighted by Gasteiger charge is 2.16. The van der Waals surface area contributed by atoms with E-state index >= 15 is 0 Å². The minimum atomic E-state index is -0.553. The third-order valence-electron chi connectivity index (χ3n) is 4.62. The number of nitrogens with zero attached hydrogens (tertiary/aromatic N) is 1. The predicted octanol–water partition coefficient (Wildman–Crippen LogP) is 4.39. The molecule has 0 aliphatic carbocycles. The van der Waals surface area contributed by atoms with Crippen LogP contribution in [-0.4, -0.2) is 25.1 Å². The topological polar surface area (TPSA) is 41.6 Å². The van der Waals surface area contributed by atoms with E-state index in [2.05, 4.69) is 22.3 Å². The first kappa shape index (κ1) is 17.3. The van der Waals surface area contributed by atoms with Crippen molar-refractivity contribution in [2.24, 2.45) is 0 Å². The molecule has 1 aliphatic heterocycles. The van der Waals surface area contributed by atoms with E-state index in [1.807, 2.05) is 43.3 Å². The van der Waals surface area contributed by atoms with Crippen LogP contribution in [0.1, 0.15) is 31.7 Å². The van der Waals surface area contributed by atoms with E-state index in [0.717, 1.165) is 30.1 Å². The molecule has 1 heterocycles. The van der Waals surface area contributed by atoms with Crippen molar-refractivity contribution in [2.75, 3.05) is 23.3 Å². The second-order valence-corrected chi connectivity index (χ2v) is 6.61. The van der Waals surface area contributed by atoms with Crippen LogP contribution in [0, 0.1) is 6.92 Å². The molecule has 4 heteroatoms. The van der Waals surface area contributed by atoms with Crippen molar-refractivity contribution in [3.63, 3.8) is 0 Å². The SMILES string of the molecule is Cc1ccccc1OC(C)C(=O)Nc1ccc(N2CCCCC2)cc1. The van der Waals surface area contributed by atoms with Crippen molar-refractivity contribution >= 4 is 17.3 Å². The van der Waals surface area contributed by atoms with Crippen molar-refractivity contribution < 1.29 is 9.53 Å².